The van der Waals surface area contributed by atoms with Crippen LogP contribution >= 0.6 is 11.8 Å². The molecule has 2 aromatic heterocycles. The zero-order valence-corrected chi connectivity index (χ0v) is 37.9. The van der Waals surface area contributed by atoms with Gasteiger partial charge in [-0.15, -0.1) is 0 Å². The summed E-state index contributed by atoms with van der Waals surface area (Å²) in [5.41, 5.74) is 24.7. The van der Waals surface area contributed by atoms with Crippen molar-refractivity contribution in [2.45, 2.75) is 143 Å². The van der Waals surface area contributed by atoms with E-state index < -0.39 is 0 Å². The maximum atomic E-state index is 2.83. The number of nitrogens with zero attached hydrogens (tertiary/aromatic N) is 2. The predicted molar refractivity (Wildman–Crippen MR) is 260 cm³/mol. The second-order valence-electron chi connectivity index (χ2n) is 21.3. The Kier molecular flexibility index (Phi) is 8.80. The molecule has 2 nitrogen and oxygen atoms in total. The second-order valence-corrected chi connectivity index (χ2v) is 22.4. The molecule has 312 valence electrons. The first-order chi connectivity index (χ1) is 29.9. The topological polar surface area (TPSA) is 9.86 Å². The van der Waals surface area contributed by atoms with Crippen LogP contribution in [0.3, 0.4) is 0 Å². The van der Waals surface area contributed by atoms with Crippen LogP contribution < -0.4 is 0 Å². The van der Waals surface area contributed by atoms with Crippen LogP contribution in [0.25, 0.3) is 40.5 Å². The van der Waals surface area contributed by atoms with Crippen LogP contribution in [0, 0.1) is 35.0 Å². The Morgan fingerprint density at radius 2 is 1.49 bits per heavy atom. The van der Waals surface area contributed by atoms with E-state index in [0.717, 1.165) is 49.9 Å². The summed E-state index contributed by atoms with van der Waals surface area (Å²) in [6, 6.07) is 9.43. The molecule has 0 N–H and O–H groups in total. The van der Waals surface area contributed by atoms with Crippen molar-refractivity contribution in [2.24, 2.45) is 35.0 Å². The number of para-hydroxylation sites is 1. The fraction of sp³-hybridized carbons (Fsp3) is 0.483. The fourth-order valence-corrected chi connectivity index (χ4v) is 16.6. The minimum atomic E-state index is 0.336. The van der Waals surface area contributed by atoms with Gasteiger partial charge in [0.25, 0.3) is 0 Å². The van der Waals surface area contributed by atoms with Crippen molar-refractivity contribution in [3.63, 3.8) is 0 Å². The summed E-state index contributed by atoms with van der Waals surface area (Å²) in [6.45, 7) is 7.65. The first-order valence-corrected chi connectivity index (χ1v) is 25.6. The van der Waals surface area contributed by atoms with Crippen LogP contribution in [0.1, 0.15) is 157 Å². The lowest BCUT2D eigenvalue weighted by Gasteiger charge is -2.38. The fourth-order valence-electron chi connectivity index (χ4n) is 15.1. The minimum absolute atomic E-state index is 0.336. The summed E-state index contributed by atoms with van der Waals surface area (Å²) in [5, 5.41) is 1.45. The van der Waals surface area contributed by atoms with E-state index in [2.05, 4.69) is 115 Å². The molecule has 1 aromatic carbocycles. The molecular weight excluding hydrogens is 757 g/mol. The maximum Gasteiger partial charge on any atom is 0.0534 e. The quantitative estimate of drug-likeness (QED) is 0.238. The predicted octanol–water partition coefficient (Wildman–Crippen LogP) is 15.8. The van der Waals surface area contributed by atoms with Gasteiger partial charge in [0.15, 0.2) is 0 Å². The van der Waals surface area contributed by atoms with Gasteiger partial charge in [-0.3, -0.25) is 0 Å². The first-order valence-electron chi connectivity index (χ1n) is 24.8. The zero-order valence-electron chi connectivity index (χ0n) is 37.1. The van der Waals surface area contributed by atoms with Gasteiger partial charge in [-0.05, 0) is 191 Å². The molecule has 0 radical (unpaired) electrons. The Labute approximate surface area is 369 Å². The molecule has 0 bridgehead atoms. The number of aromatic nitrogens is 2. The van der Waals surface area contributed by atoms with E-state index in [-0.39, 0.29) is 0 Å². The van der Waals surface area contributed by atoms with E-state index in [1.165, 1.54) is 117 Å². The van der Waals surface area contributed by atoms with E-state index in [1.807, 2.05) is 11.1 Å². The molecule has 0 saturated carbocycles. The lowest BCUT2D eigenvalue weighted by Crippen LogP contribution is -2.29. The minimum Gasteiger partial charge on any atom is -0.321 e. The van der Waals surface area contributed by atoms with Crippen LogP contribution in [-0.2, 0) is 19.3 Å². The Hall–Kier alpha value is -3.95. The van der Waals surface area contributed by atoms with Gasteiger partial charge in [0, 0.05) is 61.4 Å². The standard InChI is InChI=1S/C58H64N2S/c1-35-13-12-14-38(31-35)40-27-30-54(57-56(40)45-18-7-11-22-55(45)61-57)60-51-21-10-6-17-44(51)47-33-37(24-29-53(47)60)36-23-28-52-46(32-36)43-16-5-9-20-50(43)59(52)39-25-26-42-41-15-4-8-19-48(41)58(2,3)49(42)34-39/h5-7,10,16-18,21,25,31-33,35,40,42,49,56H,4,8-9,11-15,19-20,22-24,26-30,34H2,1-3H3. The number of fused-ring (bicyclic) bond motifs is 10. The summed E-state index contributed by atoms with van der Waals surface area (Å²) in [5.74, 6) is 3.46. The van der Waals surface area contributed by atoms with E-state index in [4.69, 9.17) is 0 Å². The number of benzene rings is 1. The number of hydrogen-bond acceptors (Lipinski definition) is 1. The summed E-state index contributed by atoms with van der Waals surface area (Å²) in [4.78, 5) is 3.35. The Morgan fingerprint density at radius 3 is 2.38 bits per heavy atom. The van der Waals surface area contributed by atoms with E-state index in [1.54, 1.807) is 60.6 Å². The van der Waals surface area contributed by atoms with Crippen LogP contribution in [0.2, 0.25) is 0 Å². The third-order valence-electron chi connectivity index (χ3n) is 17.8. The van der Waals surface area contributed by atoms with Gasteiger partial charge in [-0.1, -0.05) is 104 Å². The molecule has 61 heavy (non-hydrogen) atoms. The molecule has 0 amide bonds. The summed E-state index contributed by atoms with van der Waals surface area (Å²) < 4.78 is 5.63. The van der Waals surface area contributed by atoms with Gasteiger partial charge in [0.1, 0.15) is 0 Å². The van der Waals surface area contributed by atoms with Gasteiger partial charge < -0.3 is 9.13 Å². The van der Waals surface area contributed by atoms with Gasteiger partial charge >= 0.3 is 0 Å². The Morgan fingerprint density at radius 1 is 0.705 bits per heavy atom. The van der Waals surface area contributed by atoms with Crippen LogP contribution in [0.5, 0.6) is 0 Å². The van der Waals surface area contributed by atoms with Gasteiger partial charge in [0.05, 0.1) is 5.52 Å². The molecule has 0 fully saturated rings. The molecular formula is C58H64N2S. The van der Waals surface area contributed by atoms with Crippen molar-refractivity contribution >= 4 is 52.3 Å². The van der Waals surface area contributed by atoms with Crippen molar-refractivity contribution in [2.75, 3.05) is 0 Å². The third kappa shape index (κ3) is 5.66. The SMILES string of the molecule is CC1C=C(C2CCC(n3c4c(c5ccccc53)C=C(C3=Cc5c6c(n(C7=CCC8C9=C(CCCC9)C(C)(C)C8C7)c5CC3)CCC=C6)CC4)=C3SC4=C(C=CCC4)C32)CCC1. The molecule has 0 saturated heterocycles. The largest absolute Gasteiger partial charge is 0.321 e. The summed E-state index contributed by atoms with van der Waals surface area (Å²) in [7, 11) is 0. The Bertz CT molecular complexity index is 2710. The smallest absolute Gasteiger partial charge is 0.0534 e. The third-order valence-corrected chi connectivity index (χ3v) is 19.2. The molecule has 9 aliphatic carbocycles. The molecule has 5 atom stereocenters. The lowest BCUT2D eigenvalue weighted by molar-refractivity contribution is 0.226. The van der Waals surface area contributed by atoms with E-state index >= 15 is 0 Å². The number of allylic oxidation sites excluding steroid dienone is 15. The van der Waals surface area contributed by atoms with Crippen molar-refractivity contribution in [3.05, 3.63) is 132 Å². The molecule has 3 aromatic rings. The molecule has 1 aliphatic heterocycles. The van der Waals surface area contributed by atoms with Crippen molar-refractivity contribution in [1.82, 2.24) is 9.13 Å². The van der Waals surface area contributed by atoms with Crippen molar-refractivity contribution < 1.29 is 0 Å². The van der Waals surface area contributed by atoms with Gasteiger partial charge in [-0.2, -0.15) is 0 Å². The number of rotatable bonds is 4. The average Bonchev–Trinajstić information content (AvgIpc) is 4.01. The second kappa shape index (κ2) is 14.3. The maximum absolute atomic E-state index is 2.83. The van der Waals surface area contributed by atoms with E-state index in [9.17, 15) is 0 Å². The molecule has 13 rings (SSSR count). The number of hydrogen-bond donors (Lipinski definition) is 0. The molecule has 3 heteroatoms. The van der Waals surface area contributed by atoms with Crippen molar-refractivity contribution in [1.29, 1.82) is 0 Å². The Balaban J connectivity index is 0.876. The van der Waals surface area contributed by atoms with Crippen molar-refractivity contribution in [3.8, 4) is 0 Å². The van der Waals surface area contributed by atoms with Crippen LogP contribution in [0.15, 0.2) is 97.9 Å². The van der Waals surface area contributed by atoms with Gasteiger partial charge in [-0.25, -0.2) is 0 Å². The zero-order chi connectivity index (χ0) is 40.6. The highest BCUT2D eigenvalue weighted by atomic mass is 32.2. The highest BCUT2D eigenvalue weighted by Gasteiger charge is 2.49. The summed E-state index contributed by atoms with van der Waals surface area (Å²) in [6.07, 6.45) is 44.4. The lowest BCUT2D eigenvalue weighted by atomic mass is 9.69. The highest BCUT2D eigenvalue weighted by Crippen LogP contribution is 2.62. The molecule has 0 spiro atoms. The van der Waals surface area contributed by atoms with E-state index in [0.29, 0.717) is 17.3 Å². The average molecular weight is 821 g/mol. The molecule has 5 unspecified atom stereocenters. The summed E-state index contributed by atoms with van der Waals surface area (Å²) >= 11 is 2.18. The highest BCUT2D eigenvalue weighted by molar-refractivity contribution is 8.07. The normalized spacial score (nSPS) is 29.9. The number of thioether (sulfide) groups is 1. The van der Waals surface area contributed by atoms with Crippen LogP contribution in [-0.4, -0.2) is 9.13 Å². The van der Waals surface area contributed by atoms with Crippen LogP contribution in [0.4, 0.5) is 0 Å². The van der Waals surface area contributed by atoms with Gasteiger partial charge in [0.2, 0.25) is 0 Å². The monoisotopic (exact) mass is 820 g/mol. The first kappa shape index (κ1) is 37.6. The molecule has 10 aliphatic rings. The molecule has 3 heterocycles.